The summed E-state index contributed by atoms with van der Waals surface area (Å²) in [5.74, 6) is -0.728. The fourth-order valence-corrected chi connectivity index (χ4v) is 3.53. The fourth-order valence-electron chi connectivity index (χ4n) is 3.53. The van der Waals surface area contributed by atoms with Crippen molar-refractivity contribution in [3.63, 3.8) is 0 Å². The molecule has 142 valence electrons. The van der Waals surface area contributed by atoms with E-state index in [-0.39, 0.29) is 18.5 Å². The minimum atomic E-state index is -0.662. The lowest BCUT2D eigenvalue weighted by Crippen LogP contribution is -2.57. The minimum Gasteiger partial charge on any atom is -0.381 e. The third-order valence-corrected chi connectivity index (χ3v) is 5.07. The van der Waals surface area contributed by atoms with Crippen LogP contribution in [0.4, 0.5) is 4.79 Å². The molecule has 1 atom stereocenters. The van der Waals surface area contributed by atoms with E-state index in [2.05, 4.69) is 0 Å². The van der Waals surface area contributed by atoms with Gasteiger partial charge in [0.15, 0.2) is 11.6 Å². The largest absolute Gasteiger partial charge is 0.417 e. The molecule has 0 aromatic rings. The second kappa shape index (κ2) is 6.48. The van der Waals surface area contributed by atoms with Gasteiger partial charge in [0.25, 0.3) is 17.6 Å². The van der Waals surface area contributed by atoms with Crippen molar-refractivity contribution in [2.45, 2.75) is 19.4 Å². The maximum Gasteiger partial charge on any atom is 0.417 e. The first kappa shape index (κ1) is 18.5. The van der Waals surface area contributed by atoms with Crippen molar-refractivity contribution in [3.8, 4) is 0 Å². The molecule has 0 saturated carbocycles. The Morgan fingerprint density at radius 2 is 2.04 bits per heavy atom. The molecule has 9 nitrogen and oxygen atoms in total. The molecule has 0 aromatic carbocycles. The summed E-state index contributed by atoms with van der Waals surface area (Å²) >= 11 is 0. The van der Waals surface area contributed by atoms with Gasteiger partial charge >= 0.3 is 6.03 Å². The monoisotopic (exact) mass is 365 g/mol. The fraction of sp³-hybridized carbons (Fsp3) is 0.647. The highest BCUT2D eigenvalue weighted by Crippen LogP contribution is 2.30. The summed E-state index contributed by atoms with van der Waals surface area (Å²) in [7, 11) is 4.62. The molecule has 0 N–H and O–H groups in total. The number of ether oxygens (including phenoxy) is 2. The van der Waals surface area contributed by atoms with Crippen molar-refractivity contribution in [2.75, 3.05) is 47.7 Å². The Labute approximate surface area is 152 Å². The molecule has 0 aliphatic carbocycles. The summed E-state index contributed by atoms with van der Waals surface area (Å²) in [4.78, 5) is 42.3. The molecule has 4 amide bonds. The molecule has 9 heteroatoms. The van der Waals surface area contributed by atoms with Gasteiger partial charge < -0.3 is 14.4 Å². The molecule has 3 aliphatic heterocycles. The molecule has 2 saturated heterocycles. The standard InChI is InChI=1S/C17H25N4O5/c1-17(2)9-26-10-21(17)15(23)12-8-11-13(20(12)6-7-25-5)18(3)16(24)19(4)14(11)22/h8,11H,6-7,9-10H2,1-5H3/q+1. The number of imide groups is 1. The van der Waals surface area contributed by atoms with Crippen LogP contribution in [0.15, 0.2) is 11.8 Å². The van der Waals surface area contributed by atoms with Crippen molar-refractivity contribution < 1.29 is 28.4 Å². The van der Waals surface area contributed by atoms with Gasteiger partial charge in [-0.1, -0.05) is 0 Å². The molecule has 0 radical (unpaired) electrons. The maximum atomic E-state index is 13.2. The van der Waals surface area contributed by atoms with E-state index in [0.717, 1.165) is 4.90 Å². The highest BCUT2D eigenvalue weighted by atomic mass is 16.5. The van der Waals surface area contributed by atoms with E-state index in [4.69, 9.17) is 9.47 Å². The van der Waals surface area contributed by atoms with Gasteiger partial charge in [0.1, 0.15) is 13.3 Å². The molecule has 0 bridgehead atoms. The van der Waals surface area contributed by atoms with E-state index in [1.807, 2.05) is 13.8 Å². The Bertz CT molecular complexity index is 727. The van der Waals surface area contributed by atoms with Crippen molar-refractivity contribution in [3.05, 3.63) is 11.8 Å². The van der Waals surface area contributed by atoms with Crippen LogP contribution in [0.3, 0.4) is 0 Å². The zero-order valence-corrected chi connectivity index (χ0v) is 15.8. The summed E-state index contributed by atoms with van der Waals surface area (Å²) in [6.07, 6.45) is 1.64. The number of hydrogen-bond acceptors (Lipinski definition) is 5. The van der Waals surface area contributed by atoms with Crippen molar-refractivity contribution >= 4 is 23.7 Å². The lowest BCUT2D eigenvalue weighted by atomic mass is 10.0. The predicted molar refractivity (Wildman–Crippen MR) is 91.3 cm³/mol. The van der Waals surface area contributed by atoms with E-state index < -0.39 is 17.5 Å². The third-order valence-electron chi connectivity index (χ3n) is 5.07. The van der Waals surface area contributed by atoms with Crippen molar-refractivity contribution in [1.29, 1.82) is 0 Å². The molecule has 2 fully saturated rings. The Morgan fingerprint density at radius 1 is 1.35 bits per heavy atom. The molecule has 0 aromatic heterocycles. The Hall–Kier alpha value is -2.26. The zero-order chi connectivity index (χ0) is 19.2. The number of amidine groups is 1. The van der Waals surface area contributed by atoms with Gasteiger partial charge in [-0.3, -0.25) is 9.59 Å². The number of rotatable bonds is 4. The summed E-state index contributed by atoms with van der Waals surface area (Å²) in [5.41, 5.74) is -0.0601. The van der Waals surface area contributed by atoms with Crippen LogP contribution in [0.2, 0.25) is 0 Å². The lowest BCUT2D eigenvalue weighted by Gasteiger charge is -2.29. The Morgan fingerprint density at radius 3 is 2.62 bits per heavy atom. The number of amides is 4. The van der Waals surface area contributed by atoms with Gasteiger partial charge in [-0.05, 0) is 19.9 Å². The van der Waals surface area contributed by atoms with Gasteiger partial charge in [-0.25, -0.2) is 14.3 Å². The number of fused-ring (bicyclic) bond motifs is 1. The summed E-state index contributed by atoms with van der Waals surface area (Å²) in [6.45, 7) is 5.23. The van der Waals surface area contributed by atoms with Crippen LogP contribution in [0.25, 0.3) is 0 Å². The molecular formula is C17H25N4O5+. The highest BCUT2D eigenvalue weighted by Gasteiger charge is 2.53. The van der Waals surface area contributed by atoms with E-state index >= 15 is 0 Å². The van der Waals surface area contributed by atoms with Crippen LogP contribution in [0.5, 0.6) is 0 Å². The van der Waals surface area contributed by atoms with Crippen molar-refractivity contribution in [2.24, 2.45) is 5.92 Å². The minimum absolute atomic E-state index is 0.198. The Balaban J connectivity index is 2.04. The number of carbonyl (C=O) groups is 3. The lowest BCUT2D eigenvalue weighted by molar-refractivity contribution is -0.477. The highest BCUT2D eigenvalue weighted by molar-refractivity contribution is 6.19. The summed E-state index contributed by atoms with van der Waals surface area (Å²) < 4.78 is 12.3. The van der Waals surface area contributed by atoms with E-state index in [0.29, 0.717) is 31.3 Å². The maximum absolute atomic E-state index is 13.2. The number of carbonyl (C=O) groups excluding carboxylic acids is 3. The van der Waals surface area contributed by atoms with Gasteiger partial charge in [0.2, 0.25) is 0 Å². The second-order valence-electron chi connectivity index (χ2n) is 7.29. The normalized spacial score (nSPS) is 25.2. The average molecular weight is 365 g/mol. The number of nitrogens with zero attached hydrogens (tertiary/aromatic N) is 4. The van der Waals surface area contributed by atoms with Crippen LogP contribution < -0.4 is 0 Å². The molecule has 3 heterocycles. The van der Waals surface area contributed by atoms with Crippen LogP contribution in [0, 0.1) is 5.92 Å². The second-order valence-corrected chi connectivity index (χ2v) is 7.29. The van der Waals surface area contributed by atoms with Gasteiger partial charge in [0, 0.05) is 14.2 Å². The Kier molecular flexibility index (Phi) is 4.61. The quantitative estimate of drug-likeness (QED) is 0.638. The summed E-state index contributed by atoms with van der Waals surface area (Å²) in [6, 6.07) is -0.421. The SMILES string of the molecule is COCC[N+]1=C2C(C=C1C(=O)N1COCC1(C)C)C(=O)N(C)C(=O)N2C. The van der Waals surface area contributed by atoms with Gasteiger partial charge in [0.05, 0.1) is 25.8 Å². The van der Waals surface area contributed by atoms with E-state index in [1.54, 1.807) is 29.7 Å². The molecule has 0 spiro atoms. The van der Waals surface area contributed by atoms with Crippen LogP contribution >= 0.6 is 0 Å². The molecular weight excluding hydrogens is 340 g/mol. The molecule has 3 rings (SSSR count). The third kappa shape index (κ3) is 2.71. The molecule has 26 heavy (non-hydrogen) atoms. The van der Waals surface area contributed by atoms with Crippen LogP contribution in [0.1, 0.15) is 13.8 Å². The topological polar surface area (TPSA) is 82.4 Å². The van der Waals surface area contributed by atoms with Gasteiger partial charge in [-0.2, -0.15) is 4.90 Å². The van der Waals surface area contributed by atoms with Crippen LogP contribution in [-0.2, 0) is 19.1 Å². The first-order valence-electron chi connectivity index (χ1n) is 8.51. The van der Waals surface area contributed by atoms with Crippen molar-refractivity contribution in [1.82, 2.24) is 14.7 Å². The average Bonchev–Trinajstić information content (AvgIpc) is 3.15. The molecule has 3 aliphatic rings. The zero-order valence-electron chi connectivity index (χ0n) is 15.8. The predicted octanol–water partition coefficient (Wildman–Crippen LogP) is -0.324. The summed E-state index contributed by atoms with van der Waals surface area (Å²) in [5, 5.41) is 0. The van der Waals surface area contributed by atoms with Gasteiger partial charge in [-0.15, -0.1) is 0 Å². The number of methoxy groups -OCH3 is 1. The smallest absolute Gasteiger partial charge is 0.381 e. The van der Waals surface area contributed by atoms with E-state index in [1.165, 1.54) is 11.9 Å². The molecule has 1 unspecified atom stereocenters. The van der Waals surface area contributed by atoms with E-state index in [9.17, 15) is 14.4 Å². The number of urea groups is 1. The first-order valence-corrected chi connectivity index (χ1v) is 8.51. The first-order chi connectivity index (χ1) is 12.2. The van der Waals surface area contributed by atoms with Crippen LogP contribution in [-0.4, -0.2) is 96.2 Å². The number of hydrogen-bond donors (Lipinski definition) is 0.